The van der Waals surface area contributed by atoms with Crippen LogP contribution < -0.4 is 10.4 Å². The van der Waals surface area contributed by atoms with E-state index in [2.05, 4.69) is 113 Å². The van der Waals surface area contributed by atoms with Crippen molar-refractivity contribution in [2.45, 2.75) is 107 Å². The second-order valence-corrected chi connectivity index (χ2v) is 19.2. The Morgan fingerprint density at radius 2 is 1.43 bits per heavy atom. The van der Waals surface area contributed by atoms with E-state index in [0.717, 1.165) is 37.7 Å². The van der Waals surface area contributed by atoms with Crippen molar-refractivity contribution in [2.24, 2.45) is 5.92 Å². The number of fused-ring (bicyclic) bond motifs is 1. The first-order chi connectivity index (χ1) is 22.7. The molecule has 7 heteroatoms. The number of ether oxygens (including phenoxy) is 5. The SMILES string of the molecule is CC1CC2O[C@H](CO[Si](c3ccccc3)(c3ccccc3)C(C)(C)C)CC2OC12CCC1(C=CCC(COCc3ccccc3)O1)O2. The zero-order valence-electron chi connectivity index (χ0n) is 28.3. The molecule has 0 aromatic heterocycles. The smallest absolute Gasteiger partial charge is 0.261 e. The van der Waals surface area contributed by atoms with Crippen molar-refractivity contribution in [3.8, 4) is 0 Å². The highest BCUT2D eigenvalue weighted by Crippen LogP contribution is 2.52. The van der Waals surface area contributed by atoms with E-state index >= 15 is 0 Å². The summed E-state index contributed by atoms with van der Waals surface area (Å²) in [6.45, 7) is 10.8. The van der Waals surface area contributed by atoms with E-state index in [1.54, 1.807) is 0 Å². The van der Waals surface area contributed by atoms with E-state index in [0.29, 0.717) is 19.8 Å². The molecule has 4 heterocycles. The van der Waals surface area contributed by atoms with Crippen LogP contribution in [-0.4, -0.2) is 57.5 Å². The number of hydrogen-bond acceptors (Lipinski definition) is 6. The van der Waals surface area contributed by atoms with Crippen LogP contribution in [0.1, 0.15) is 65.4 Å². The third kappa shape index (κ3) is 6.56. The molecule has 0 bridgehead atoms. The number of benzene rings is 3. The van der Waals surface area contributed by atoms with Crippen molar-refractivity contribution in [3.63, 3.8) is 0 Å². The van der Waals surface area contributed by atoms with Crippen LogP contribution in [-0.2, 0) is 34.7 Å². The second-order valence-electron chi connectivity index (χ2n) is 14.9. The molecule has 250 valence electrons. The van der Waals surface area contributed by atoms with Crippen molar-refractivity contribution in [2.75, 3.05) is 13.2 Å². The monoisotopic (exact) mass is 654 g/mol. The molecule has 4 aliphatic rings. The van der Waals surface area contributed by atoms with Crippen molar-refractivity contribution in [3.05, 3.63) is 109 Å². The van der Waals surface area contributed by atoms with Gasteiger partial charge < -0.3 is 28.1 Å². The molecule has 0 N–H and O–H groups in total. The van der Waals surface area contributed by atoms with Crippen molar-refractivity contribution < 1.29 is 28.1 Å². The highest BCUT2D eigenvalue weighted by Gasteiger charge is 2.60. The Kier molecular flexibility index (Phi) is 9.35. The molecule has 0 saturated carbocycles. The molecule has 6 nitrogen and oxygen atoms in total. The fourth-order valence-electron chi connectivity index (χ4n) is 8.25. The third-order valence-electron chi connectivity index (χ3n) is 10.6. The predicted molar refractivity (Wildman–Crippen MR) is 186 cm³/mol. The van der Waals surface area contributed by atoms with Gasteiger partial charge in [0.25, 0.3) is 8.32 Å². The molecule has 3 aromatic rings. The molecule has 0 radical (unpaired) electrons. The molecule has 3 aromatic carbocycles. The molecule has 3 saturated heterocycles. The van der Waals surface area contributed by atoms with Crippen LogP contribution >= 0.6 is 0 Å². The third-order valence-corrected chi connectivity index (χ3v) is 15.6. The van der Waals surface area contributed by atoms with E-state index < -0.39 is 19.9 Å². The van der Waals surface area contributed by atoms with Crippen LogP contribution in [0.2, 0.25) is 5.04 Å². The summed E-state index contributed by atoms with van der Waals surface area (Å²) in [5.74, 6) is -1.29. The maximum absolute atomic E-state index is 7.25. The van der Waals surface area contributed by atoms with Gasteiger partial charge in [0.05, 0.1) is 44.2 Å². The Hall–Kier alpha value is -2.62. The van der Waals surface area contributed by atoms with Gasteiger partial charge in [0.1, 0.15) is 0 Å². The molecule has 7 rings (SSSR count). The van der Waals surface area contributed by atoms with Gasteiger partial charge in [0.15, 0.2) is 11.6 Å². The average Bonchev–Trinajstić information content (AvgIpc) is 3.63. The lowest BCUT2D eigenvalue weighted by atomic mass is 9.86. The summed E-state index contributed by atoms with van der Waals surface area (Å²) in [5, 5.41) is 2.49. The second kappa shape index (κ2) is 13.4. The number of hydrogen-bond donors (Lipinski definition) is 0. The first-order valence-corrected chi connectivity index (χ1v) is 19.4. The maximum atomic E-state index is 7.25. The Bertz CT molecular complexity index is 1450. The summed E-state index contributed by atoms with van der Waals surface area (Å²) in [6, 6.07) is 31.9. The molecule has 0 amide bonds. The molecular formula is C40H50O6Si. The zero-order valence-corrected chi connectivity index (χ0v) is 29.3. The summed E-state index contributed by atoms with van der Waals surface area (Å²) in [6.07, 6.45) is 8.25. The van der Waals surface area contributed by atoms with Gasteiger partial charge in [-0.25, -0.2) is 0 Å². The van der Waals surface area contributed by atoms with Crippen molar-refractivity contribution >= 4 is 18.7 Å². The van der Waals surface area contributed by atoms with Crippen molar-refractivity contribution in [1.82, 2.24) is 0 Å². The van der Waals surface area contributed by atoms with Gasteiger partial charge in [-0.2, -0.15) is 0 Å². The van der Waals surface area contributed by atoms with E-state index in [1.807, 2.05) is 18.2 Å². The van der Waals surface area contributed by atoms with E-state index in [4.69, 9.17) is 28.1 Å². The normalized spacial score (nSPS) is 32.2. The van der Waals surface area contributed by atoms with Crippen LogP contribution in [0.5, 0.6) is 0 Å². The fraction of sp³-hybridized carbons (Fsp3) is 0.500. The summed E-state index contributed by atoms with van der Waals surface area (Å²) in [5.41, 5.74) is 1.16. The van der Waals surface area contributed by atoms with Gasteiger partial charge >= 0.3 is 0 Å². The van der Waals surface area contributed by atoms with Crippen LogP contribution in [0.3, 0.4) is 0 Å². The minimum Gasteiger partial charge on any atom is -0.405 e. The minimum absolute atomic E-state index is 0.0329. The standard InChI is InChI=1S/C40H50O6Si/c1-30-25-36-37(45-40(30)24-23-39(46-40)22-14-17-32(44-39)28-41-27-31-15-8-5-9-16-31)26-33(43-36)29-42-47(38(2,3)4,34-18-10-6-11-19-34)35-20-12-7-13-21-35/h5-16,18-22,30,32-33,36-37H,17,23-29H2,1-4H3/t30?,32?,33-,36?,37?,39?,40?/m0/s1. The number of rotatable bonds is 9. The summed E-state index contributed by atoms with van der Waals surface area (Å²) >= 11 is 0. The quantitative estimate of drug-likeness (QED) is 0.185. The molecule has 7 atom stereocenters. The summed E-state index contributed by atoms with van der Waals surface area (Å²) < 4.78 is 40.4. The fourth-order valence-corrected chi connectivity index (χ4v) is 12.8. The van der Waals surface area contributed by atoms with Gasteiger partial charge in [0, 0.05) is 25.2 Å². The van der Waals surface area contributed by atoms with Gasteiger partial charge in [0.2, 0.25) is 0 Å². The molecular weight excluding hydrogens is 605 g/mol. The van der Waals surface area contributed by atoms with Gasteiger partial charge in [-0.05, 0) is 39.9 Å². The minimum atomic E-state index is -2.65. The lowest BCUT2D eigenvalue weighted by Crippen LogP contribution is -2.67. The molecule has 47 heavy (non-hydrogen) atoms. The Morgan fingerprint density at radius 1 is 0.766 bits per heavy atom. The highest BCUT2D eigenvalue weighted by molar-refractivity contribution is 6.99. The molecule has 0 aliphatic carbocycles. The van der Waals surface area contributed by atoms with Crippen LogP contribution in [0.4, 0.5) is 0 Å². The van der Waals surface area contributed by atoms with Gasteiger partial charge in [-0.15, -0.1) is 0 Å². The lowest BCUT2D eigenvalue weighted by molar-refractivity contribution is -0.359. The molecule has 6 unspecified atom stereocenters. The van der Waals surface area contributed by atoms with E-state index in [-0.39, 0.29) is 35.4 Å². The van der Waals surface area contributed by atoms with Crippen LogP contribution in [0.15, 0.2) is 103 Å². The predicted octanol–water partition coefficient (Wildman–Crippen LogP) is 6.91. The molecule has 3 fully saturated rings. The van der Waals surface area contributed by atoms with E-state index in [9.17, 15) is 0 Å². The first-order valence-electron chi connectivity index (χ1n) is 17.5. The Labute approximate surface area is 281 Å². The van der Waals surface area contributed by atoms with Gasteiger partial charge in [-0.1, -0.05) is 125 Å². The highest BCUT2D eigenvalue weighted by atomic mass is 28.4. The average molecular weight is 655 g/mol. The van der Waals surface area contributed by atoms with Crippen LogP contribution in [0, 0.1) is 5.92 Å². The summed E-state index contributed by atoms with van der Waals surface area (Å²) in [4.78, 5) is 0. The van der Waals surface area contributed by atoms with Gasteiger partial charge in [-0.3, -0.25) is 0 Å². The lowest BCUT2D eigenvalue weighted by Gasteiger charge is -2.45. The van der Waals surface area contributed by atoms with Crippen LogP contribution in [0.25, 0.3) is 0 Å². The first kappa shape index (κ1) is 32.9. The van der Waals surface area contributed by atoms with Crippen molar-refractivity contribution in [1.29, 1.82) is 0 Å². The molecule has 4 aliphatic heterocycles. The Balaban J connectivity index is 1.01. The van der Waals surface area contributed by atoms with E-state index in [1.165, 1.54) is 10.4 Å². The maximum Gasteiger partial charge on any atom is 0.261 e. The summed E-state index contributed by atoms with van der Waals surface area (Å²) in [7, 11) is -2.65. The Morgan fingerprint density at radius 3 is 2.09 bits per heavy atom. The topological polar surface area (TPSA) is 55.4 Å². The zero-order chi connectivity index (χ0) is 32.5. The molecule has 2 spiro atoms. The largest absolute Gasteiger partial charge is 0.405 e.